The molecule has 1 fully saturated rings. The molecular weight excluding hydrogens is 541 g/mol. The van der Waals surface area contributed by atoms with Gasteiger partial charge in [-0.15, -0.1) is 12.4 Å². The van der Waals surface area contributed by atoms with Crippen molar-refractivity contribution in [3.05, 3.63) is 87.7 Å². The van der Waals surface area contributed by atoms with E-state index in [0.29, 0.717) is 0 Å². The fraction of sp³-hybridized carbons (Fsp3) is 0.346. The van der Waals surface area contributed by atoms with Gasteiger partial charge in [0.05, 0.1) is 0 Å². The molecule has 5 rings (SSSR count). The number of pyridine rings is 1. The van der Waals surface area contributed by atoms with Crippen molar-refractivity contribution in [2.75, 3.05) is 19.7 Å². The minimum atomic E-state index is -3.67. The number of fused-ring (bicyclic) bond motifs is 1. The smallest absolute Gasteiger partial charge is 0.242 e. The van der Waals surface area contributed by atoms with Gasteiger partial charge in [0.1, 0.15) is 22.4 Å². The Morgan fingerprint density at radius 2 is 1.86 bits per heavy atom. The Balaban J connectivity index is 0.00000304. The summed E-state index contributed by atoms with van der Waals surface area (Å²) in [5.74, 6) is 0.732. The number of nitrogens with one attached hydrogen (secondary N) is 2. The van der Waals surface area contributed by atoms with Crippen molar-refractivity contribution in [1.82, 2.24) is 15.0 Å². The van der Waals surface area contributed by atoms with Gasteiger partial charge in [-0.3, -0.25) is 0 Å². The van der Waals surface area contributed by atoms with E-state index in [1.54, 1.807) is 0 Å². The highest BCUT2D eigenvalue weighted by molar-refractivity contribution is 7.89. The first kappa shape index (κ1) is 27.2. The molecular formula is C26H28Cl3N3O3S. The molecule has 2 N–H and O–H groups in total. The number of aromatic nitrogens is 1. The lowest BCUT2D eigenvalue weighted by molar-refractivity contribution is 0.164. The monoisotopic (exact) mass is 567 g/mol. The molecule has 1 saturated carbocycles. The van der Waals surface area contributed by atoms with Gasteiger partial charge >= 0.3 is 0 Å². The summed E-state index contributed by atoms with van der Waals surface area (Å²) in [6.07, 6.45) is 5.66. The minimum Gasteiger partial charge on any atom is -0.492 e. The van der Waals surface area contributed by atoms with Crippen LogP contribution < -0.4 is 14.8 Å². The highest BCUT2D eigenvalue weighted by Gasteiger charge is 2.47. The summed E-state index contributed by atoms with van der Waals surface area (Å²) in [6, 6.07) is 17.5. The van der Waals surface area contributed by atoms with E-state index >= 15 is 0 Å². The first-order valence-electron chi connectivity index (χ1n) is 11.7. The largest absolute Gasteiger partial charge is 0.492 e. The molecule has 0 radical (unpaired) electrons. The van der Waals surface area contributed by atoms with Crippen LogP contribution in [0.15, 0.2) is 65.7 Å². The fourth-order valence-corrected chi connectivity index (χ4v) is 6.34. The van der Waals surface area contributed by atoms with Crippen LogP contribution in [0.4, 0.5) is 0 Å². The first-order valence-corrected chi connectivity index (χ1v) is 14.0. The Labute approximate surface area is 228 Å². The maximum absolute atomic E-state index is 12.4. The number of ether oxygens (including phenoxy) is 1. The van der Waals surface area contributed by atoms with Crippen molar-refractivity contribution in [1.29, 1.82) is 0 Å². The van der Waals surface area contributed by atoms with E-state index in [9.17, 15) is 8.42 Å². The summed E-state index contributed by atoms with van der Waals surface area (Å²) in [7, 11) is -3.67. The van der Waals surface area contributed by atoms with E-state index in [1.807, 2.05) is 18.2 Å². The summed E-state index contributed by atoms with van der Waals surface area (Å²) < 4.78 is 33.4. The van der Waals surface area contributed by atoms with Gasteiger partial charge in [-0.05, 0) is 78.9 Å². The molecule has 0 amide bonds. The number of hydrogen-bond acceptors (Lipinski definition) is 5. The molecule has 6 nitrogen and oxygen atoms in total. The number of halogens is 3. The van der Waals surface area contributed by atoms with E-state index in [4.69, 9.17) is 27.9 Å². The molecule has 1 aromatic heterocycles. The Kier molecular flexibility index (Phi) is 8.49. The molecule has 1 aliphatic heterocycles. The van der Waals surface area contributed by atoms with E-state index < -0.39 is 10.0 Å². The summed E-state index contributed by atoms with van der Waals surface area (Å²) in [6.45, 7) is 1.28. The van der Waals surface area contributed by atoms with Crippen molar-refractivity contribution in [2.24, 2.45) is 0 Å². The summed E-state index contributed by atoms with van der Waals surface area (Å²) in [5, 5.41) is 4.76. The second kappa shape index (κ2) is 11.3. The van der Waals surface area contributed by atoms with Crippen molar-refractivity contribution in [3.63, 3.8) is 0 Å². The van der Waals surface area contributed by atoms with Gasteiger partial charge in [-0.25, -0.2) is 18.1 Å². The van der Waals surface area contributed by atoms with Crippen LogP contribution in [-0.2, 0) is 21.9 Å². The van der Waals surface area contributed by atoms with Gasteiger partial charge < -0.3 is 10.1 Å². The molecule has 10 heteroatoms. The van der Waals surface area contributed by atoms with Crippen LogP contribution in [0.5, 0.6) is 5.75 Å². The molecule has 2 aliphatic rings. The average molecular weight is 569 g/mol. The van der Waals surface area contributed by atoms with Gasteiger partial charge in [0.2, 0.25) is 10.0 Å². The average Bonchev–Trinajstić information content (AvgIpc) is 2.83. The zero-order chi connectivity index (χ0) is 24.5. The van der Waals surface area contributed by atoms with Crippen LogP contribution in [0.25, 0.3) is 0 Å². The molecule has 0 spiro atoms. The molecule has 2 aromatic carbocycles. The zero-order valence-corrected chi connectivity index (χ0v) is 22.7. The Bertz CT molecular complexity index is 1300. The molecule has 192 valence electrons. The first-order chi connectivity index (χ1) is 16.9. The lowest BCUT2D eigenvalue weighted by Crippen LogP contribution is -2.49. The van der Waals surface area contributed by atoms with Crippen LogP contribution in [0, 0.1) is 0 Å². The third-order valence-electron chi connectivity index (χ3n) is 7.06. The normalized spacial score (nSPS) is 18.4. The Morgan fingerprint density at radius 3 is 2.53 bits per heavy atom. The van der Waals surface area contributed by atoms with Crippen LogP contribution in [-0.4, -0.2) is 33.1 Å². The predicted molar refractivity (Wildman–Crippen MR) is 145 cm³/mol. The fourth-order valence-electron chi connectivity index (χ4n) is 5.15. The minimum absolute atomic E-state index is 0. The molecule has 1 aliphatic carbocycles. The third kappa shape index (κ3) is 5.52. The standard InChI is InChI=1S/C26H27Cl2N3O3S.ClH/c27-20-5-3-19(4-6-20)26(11-1-12-26)25-23-16-21(7-2-18(23)10-13-29-25)34-15-14-31-35(32,33)22-8-9-24(28)30-17-22;/h2-9,16-17,25,29,31H,1,10-15H2;1H. The van der Waals surface area contributed by atoms with Crippen LogP contribution in [0.1, 0.15) is 42.0 Å². The second-order valence-corrected chi connectivity index (χ2v) is 11.7. The van der Waals surface area contributed by atoms with Gasteiger partial charge in [-0.2, -0.15) is 0 Å². The van der Waals surface area contributed by atoms with Gasteiger partial charge in [-0.1, -0.05) is 47.8 Å². The summed E-state index contributed by atoms with van der Waals surface area (Å²) in [4.78, 5) is 3.90. The molecule has 36 heavy (non-hydrogen) atoms. The zero-order valence-electron chi connectivity index (χ0n) is 19.5. The van der Waals surface area contributed by atoms with E-state index in [1.165, 1.54) is 41.4 Å². The highest BCUT2D eigenvalue weighted by atomic mass is 35.5. The van der Waals surface area contributed by atoms with Gasteiger partial charge in [0.15, 0.2) is 0 Å². The summed E-state index contributed by atoms with van der Waals surface area (Å²) in [5.41, 5.74) is 3.95. The molecule has 2 heterocycles. The Morgan fingerprint density at radius 1 is 1.08 bits per heavy atom. The van der Waals surface area contributed by atoms with E-state index in [0.717, 1.165) is 36.6 Å². The number of sulfonamides is 1. The van der Waals surface area contributed by atoms with Crippen LogP contribution in [0.2, 0.25) is 10.2 Å². The third-order valence-corrected chi connectivity index (χ3v) is 8.98. The maximum atomic E-state index is 12.4. The van der Waals surface area contributed by atoms with Gasteiger partial charge in [0, 0.05) is 29.2 Å². The number of hydrogen-bond donors (Lipinski definition) is 2. The number of rotatable bonds is 8. The topological polar surface area (TPSA) is 80.3 Å². The molecule has 3 aromatic rings. The maximum Gasteiger partial charge on any atom is 0.242 e. The summed E-state index contributed by atoms with van der Waals surface area (Å²) >= 11 is 11.9. The SMILES string of the molecule is Cl.O=S(=O)(NCCOc1ccc2c(c1)C(C1(c3ccc(Cl)cc3)CCC1)NCC2)c1ccc(Cl)nc1. The lowest BCUT2D eigenvalue weighted by Gasteiger charge is -2.50. The molecule has 1 unspecified atom stereocenters. The number of benzene rings is 2. The quantitative estimate of drug-likeness (QED) is 0.278. The van der Waals surface area contributed by atoms with Gasteiger partial charge in [0.25, 0.3) is 0 Å². The van der Waals surface area contributed by atoms with Crippen molar-refractivity contribution < 1.29 is 13.2 Å². The van der Waals surface area contributed by atoms with Crippen molar-refractivity contribution >= 4 is 45.6 Å². The van der Waals surface area contributed by atoms with Crippen molar-refractivity contribution in [3.8, 4) is 5.75 Å². The van der Waals surface area contributed by atoms with Crippen LogP contribution in [0.3, 0.4) is 0 Å². The van der Waals surface area contributed by atoms with E-state index in [2.05, 4.69) is 39.3 Å². The number of nitrogens with zero attached hydrogens (tertiary/aromatic N) is 1. The second-order valence-electron chi connectivity index (χ2n) is 9.08. The predicted octanol–water partition coefficient (Wildman–Crippen LogP) is 5.48. The molecule has 1 atom stereocenters. The molecule has 0 saturated heterocycles. The highest BCUT2D eigenvalue weighted by Crippen LogP contribution is 2.53. The lowest BCUT2D eigenvalue weighted by atomic mass is 9.58. The van der Waals surface area contributed by atoms with Crippen molar-refractivity contribution in [2.45, 2.75) is 42.0 Å². The molecule has 0 bridgehead atoms. The van der Waals surface area contributed by atoms with E-state index in [-0.39, 0.29) is 47.1 Å². The Hall–Kier alpha value is -1.87. The van der Waals surface area contributed by atoms with Crippen LogP contribution >= 0.6 is 35.6 Å².